The molecule has 2 N–H and O–H groups in total. The van der Waals surface area contributed by atoms with Gasteiger partial charge in [0.25, 0.3) is 0 Å². The van der Waals surface area contributed by atoms with E-state index in [2.05, 4.69) is 12.2 Å². The molecule has 4 saturated carbocycles. The van der Waals surface area contributed by atoms with Crippen molar-refractivity contribution in [2.45, 2.75) is 58.0 Å². The summed E-state index contributed by atoms with van der Waals surface area (Å²) in [6.07, 6.45) is 8.48. The molecular formula is C23H30N2O2. The summed E-state index contributed by atoms with van der Waals surface area (Å²) in [6.45, 7) is 2.98. The number of aryl methyl sites for hydroxylation is 1. The molecular weight excluding hydrogens is 336 g/mol. The summed E-state index contributed by atoms with van der Waals surface area (Å²) in [5.74, 6) is 1.97. The van der Waals surface area contributed by atoms with Crippen molar-refractivity contribution < 1.29 is 9.90 Å². The van der Waals surface area contributed by atoms with E-state index in [-0.39, 0.29) is 0 Å². The first kappa shape index (κ1) is 17.3. The first-order valence-electron chi connectivity index (χ1n) is 10.5. The number of hydrogen-bond donors (Lipinski definition) is 2. The molecule has 1 aromatic carbocycles. The lowest BCUT2D eigenvalue weighted by molar-refractivity contribution is -0.0706. The molecule has 144 valence electrons. The number of benzene rings is 1. The van der Waals surface area contributed by atoms with Crippen LogP contribution in [-0.4, -0.2) is 21.7 Å². The van der Waals surface area contributed by atoms with Gasteiger partial charge in [0.15, 0.2) is 0 Å². The lowest BCUT2D eigenvalue weighted by atomic mass is 9.48. The minimum absolute atomic E-state index is 0.418. The quantitative estimate of drug-likeness (QED) is 0.815. The van der Waals surface area contributed by atoms with E-state index in [0.29, 0.717) is 23.7 Å². The summed E-state index contributed by atoms with van der Waals surface area (Å²) in [5.41, 5.74) is 2.77. The monoisotopic (exact) mass is 366 g/mol. The van der Waals surface area contributed by atoms with E-state index in [1.165, 1.54) is 38.5 Å². The highest BCUT2D eigenvalue weighted by molar-refractivity contribution is 5.98. The maximum atomic E-state index is 11.9. The Morgan fingerprint density at radius 3 is 2.37 bits per heavy atom. The molecule has 0 amide bonds. The Balaban J connectivity index is 1.42. The predicted molar refractivity (Wildman–Crippen MR) is 107 cm³/mol. The smallest absolute Gasteiger partial charge is 0.352 e. The van der Waals surface area contributed by atoms with Gasteiger partial charge in [0.05, 0.1) is 0 Å². The summed E-state index contributed by atoms with van der Waals surface area (Å²) in [6, 6.07) is 8.47. The fraction of sp³-hybridized carbons (Fsp3) is 0.609. The molecule has 4 bridgehead atoms. The van der Waals surface area contributed by atoms with E-state index in [1.807, 2.05) is 35.9 Å². The highest BCUT2D eigenvalue weighted by Gasteiger charge is 2.52. The van der Waals surface area contributed by atoms with Gasteiger partial charge in [0.2, 0.25) is 0 Å². The second-order valence-electron chi connectivity index (χ2n) is 9.59. The summed E-state index contributed by atoms with van der Waals surface area (Å²) in [5, 5.41) is 14.6. The Bertz CT molecular complexity index is 862. The van der Waals surface area contributed by atoms with E-state index >= 15 is 0 Å². The largest absolute Gasteiger partial charge is 0.477 e. The number of rotatable bonds is 5. The zero-order valence-corrected chi connectivity index (χ0v) is 16.4. The fourth-order valence-electron chi connectivity index (χ4n) is 7.10. The molecule has 0 saturated heterocycles. The van der Waals surface area contributed by atoms with Crippen LogP contribution in [0.5, 0.6) is 0 Å². The first-order valence-corrected chi connectivity index (χ1v) is 10.5. The molecule has 1 aromatic heterocycles. The lowest BCUT2D eigenvalue weighted by Gasteiger charge is -2.59. The molecule has 4 aliphatic carbocycles. The van der Waals surface area contributed by atoms with Crippen molar-refractivity contribution in [3.05, 3.63) is 35.5 Å². The van der Waals surface area contributed by atoms with Crippen molar-refractivity contribution >= 4 is 16.9 Å². The van der Waals surface area contributed by atoms with Crippen molar-refractivity contribution in [3.8, 4) is 0 Å². The maximum absolute atomic E-state index is 11.9. The second-order valence-corrected chi connectivity index (χ2v) is 9.59. The van der Waals surface area contributed by atoms with Crippen LogP contribution in [0.1, 0.15) is 61.5 Å². The molecule has 6 rings (SSSR count). The van der Waals surface area contributed by atoms with Crippen LogP contribution < -0.4 is 5.32 Å². The highest BCUT2D eigenvalue weighted by atomic mass is 16.4. The number of carboxylic acid groups (broad SMARTS) is 1. The zero-order valence-electron chi connectivity index (χ0n) is 16.4. The number of hydrogen-bond acceptors (Lipinski definition) is 2. The van der Waals surface area contributed by atoms with Crippen molar-refractivity contribution in [2.24, 2.45) is 30.2 Å². The fourth-order valence-corrected chi connectivity index (χ4v) is 7.10. The van der Waals surface area contributed by atoms with Crippen LogP contribution in [0.2, 0.25) is 0 Å². The molecule has 4 aliphatic rings. The Morgan fingerprint density at radius 2 is 1.78 bits per heavy atom. The molecule has 1 atom stereocenters. The van der Waals surface area contributed by atoms with E-state index in [9.17, 15) is 9.90 Å². The SMILES string of the molecule is CC(NCc1c(C(=O)O)n(C)c2ccccc12)C12CC3CC(CC(C3)C1)C2. The first-order chi connectivity index (χ1) is 13.0. The van der Waals surface area contributed by atoms with Gasteiger partial charge in [-0.1, -0.05) is 18.2 Å². The third-order valence-corrected chi connectivity index (χ3v) is 8.00. The Morgan fingerprint density at radius 1 is 1.19 bits per heavy atom. The van der Waals surface area contributed by atoms with E-state index in [4.69, 9.17) is 0 Å². The molecule has 1 heterocycles. The minimum Gasteiger partial charge on any atom is -0.477 e. The van der Waals surface area contributed by atoms with Crippen molar-refractivity contribution in [3.63, 3.8) is 0 Å². The van der Waals surface area contributed by atoms with Gasteiger partial charge >= 0.3 is 5.97 Å². The Kier molecular flexibility index (Phi) is 3.91. The number of carboxylic acids is 1. The van der Waals surface area contributed by atoms with Crippen LogP contribution in [0.4, 0.5) is 0 Å². The molecule has 0 aliphatic heterocycles. The number of nitrogens with one attached hydrogen (secondary N) is 1. The van der Waals surface area contributed by atoms with Gasteiger partial charge in [0.1, 0.15) is 5.69 Å². The number of carbonyl (C=O) groups is 1. The standard InChI is InChI=1S/C23H30N2O2/c1-14(23-10-15-7-16(11-23)9-17(8-15)12-23)24-13-19-18-5-3-4-6-20(18)25(2)21(19)22(26)27/h3-6,14-17,24H,7-13H2,1-2H3,(H,26,27). The van der Waals surface area contributed by atoms with Crippen LogP contribution in [0, 0.1) is 23.2 Å². The minimum atomic E-state index is -0.840. The van der Waals surface area contributed by atoms with Gasteiger partial charge in [-0.05, 0) is 74.7 Å². The predicted octanol–water partition coefficient (Wildman–Crippen LogP) is 4.57. The van der Waals surface area contributed by atoms with Crippen LogP contribution in [0.3, 0.4) is 0 Å². The van der Waals surface area contributed by atoms with Crippen molar-refractivity contribution in [2.75, 3.05) is 0 Å². The molecule has 1 unspecified atom stereocenters. The summed E-state index contributed by atoms with van der Waals surface area (Å²) in [7, 11) is 1.86. The van der Waals surface area contributed by atoms with Crippen LogP contribution in [0.25, 0.3) is 10.9 Å². The van der Waals surface area contributed by atoms with Gasteiger partial charge in [0, 0.05) is 36.1 Å². The molecule has 0 radical (unpaired) electrons. The molecule has 2 aromatic rings. The summed E-state index contributed by atoms with van der Waals surface area (Å²) < 4.78 is 1.82. The van der Waals surface area contributed by atoms with Crippen molar-refractivity contribution in [1.82, 2.24) is 9.88 Å². The van der Waals surface area contributed by atoms with Gasteiger partial charge < -0.3 is 15.0 Å². The van der Waals surface area contributed by atoms with Gasteiger partial charge in [-0.2, -0.15) is 0 Å². The van der Waals surface area contributed by atoms with Gasteiger partial charge in [-0.3, -0.25) is 0 Å². The maximum Gasteiger partial charge on any atom is 0.352 e. The van der Waals surface area contributed by atoms with Crippen LogP contribution in [0.15, 0.2) is 24.3 Å². The average Bonchev–Trinajstić information content (AvgIpc) is 2.91. The van der Waals surface area contributed by atoms with Crippen LogP contribution in [-0.2, 0) is 13.6 Å². The number of aromatic nitrogens is 1. The van der Waals surface area contributed by atoms with E-state index < -0.39 is 5.97 Å². The van der Waals surface area contributed by atoms with E-state index in [1.54, 1.807) is 0 Å². The molecule has 27 heavy (non-hydrogen) atoms. The Labute approximate surface area is 160 Å². The van der Waals surface area contributed by atoms with E-state index in [0.717, 1.165) is 34.2 Å². The van der Waals surface area contributed by atoms with Gasteiger partial charge in [-0.15, -0.1) is 0 Å². The zero-order chi connectivity index (χ0) is 18.8. The van der Waals surface area contributed by atoms with Crippen LogP contribution >= 0.6 is 0 Å². The summed E-state index contributed by atoms with van der Waals surface area (Å²) >= 11 is 0. The highest BCUT2D eigenvalue weighted by Crippen LogP contribution is 2.61. The lowest BCUT2D eigenvalue weighted by Crippen LogP contribution is -2.54. The Hall–Kier alpha value is -1.81. The number of para-hydroxylation sites is 1. The third kappa shape index (κ3) is 2.64. The van der Waals surface area contributed by atoms with Crippen molar-refractivity contribution in [1.29, 1.82) is 0 Å². The third-order valence-electron chi connectivity index (χ3n) is 8.00. The molecule has 4 fully saturated rings. The number of fused-ring (bicyclic) bond motifs is 1. The summed E-state index contributed by atoms with van der Waals surface area (Å²) in [4.78, 5) is 11.9. The molecule has 4 nitrogen and oxygen atoms in total. The normalized spacial score (nSPS) is 32.9. The van der Waals surface area contributed by atoms with Gasteiger partial charge in [-0.25, -0.2) is 4.79 Å². The topological polar surface area (TPSA) is 54.3 Å². The number of nitrogens with zero attached hydrogens (tertiary/aromatic N) is 1. The molecule has 4 heteroatoms. The second kappa shape index (κ2) is 6.10. The number of aromatic carboxylic acids is 1. The average molecular weight is 367 g/mol. The molecule has 0 spiro atoms.